The Balaban J connectivity index is 1.51. The highest BCUT2D eigenvalue weighted by molar-refractivity contribution is 7.13. The summed E-state index contributed by atoms with van der Waals surface area (Å²) in [4.78, 5) is 24.6. The van der Waals surface area contributed by atoms with Gasteiger partial charge in [0.15, 0.2) is 0 Å². The first-order valence-corrected chi connectivity index (χ1v) is 12.5. The number of amides is 1. The highest BCUT2D eigenvalue weighted by Gasteiger charge is 2.19. The van der Waals surface area contributed by atoms with Crippen LogP contribution in [0, 0.1) is 0 Å². The number of hydrogen-bond donors (Lipinski definition) is 2. The van der Waals surface area contributed by atoms with Gasteiger partial charge in [-0.15, -0.1) is 0 Å². The number of carbonyl (C=O) groups is 2. The van der Waals surface area contributed by atoms with Crippen molar-refractivity contribution in [2.45, 2.75) is 13.0 Å². The van der Waals surface area contributed by atoms with Gasteiger partial charge in [-0.25, -0.2) is 4.79 Å². The molecule has 4 aromatic carbocycles. The quantitative estimate of drug-likeness (QED) is 0.250. The summed E-state index contributed by atoms with van der Waals surface area (Å²) < 4.78 is 5.64. The molecule has 5 aromatic rings. The Morgan fingerprint density at radius 3 is 2.36 bits per heavy atom. The van der Waals surface area contributed by atoms with Crippen LogP contribution in [0.25, 0.3) is 21.2 Å². The highest BCUT2D eigenvalue weighted by Crippen LogP contribution is 2.33. The van der Waals surface area contributed by atoms with Gasteiger partial charge in [0.25, 0.3) is 5.91 Å². The Hall–Kier alpha value is -4.00. The summed E-state index contributed by atoms with van der Waals surface area (Å²) >= 11 is 7.56. The van der Waals surface area contributed by atoms with Crippen molar-refractivity contribution in [2.75, 3.05) is 0 Å². The lowest BCUT2D eigenvalue weighted by atomic mass is 9.97. The molecule has 0 aliphatic heterocycles. The zero-order valence-corrected chi connectivity index (χ0v) is 20.6. The summed E-state index contributed by atoms with van der Waals surface area (Å²) in [5.74, 6) is -1.20. The van der Waals surface area contributed by atoms with Crippen LogP contribution in [0.3, 0.4) is 0 Å². The number of carboxylic acids is 1. The minimum atomic E-state index is -0.983. The van der Waals surface area contributed by atoms with E-state index < -0.39 is 5.97 Å². The Kier molecular flexibility index (Phi) is 6.80. The van der Waals surface area contributed by atoms with E-state index in [1.807, 2.05) is 60.7 Å². The van der Waals surface area contributed by atoms with Crippen molar-refractivity contribution in [3.63, 3.8) is 0 Å². The molecular weight excluding hydrogens is 492 g/mol. The molecule has 0 saturated carbocycles. The van der Waals surface area contributed by atoms with Crippen molar-refractivity contribution >= 4 is 45.1 Å². The van der Waals surface area contributed by atoms with E-state index in [1.54, 1.807) is 12.1 Å². The summed E-state index contributed by atoms with van der Waals surface area (Å²) in [7, 11) is 0. The number of fused-ring (bicyclic) bond motifs is 1. The minimum Gasteiger partial charge on any atom is -0.478 e. The van der Waals surface area contributed by atoms with Crippen LogP contribution in [-0.4, -0.2) is 21.4 Å². The molecule has 0 aliphatic rings. The van der Waals surface area contributed by atoms with Crippen LogP contribution in [0.5, 0.6) is 0 Å². The Labute approximate surface area is 217 Å². The van der Waals surface area contributed by atoms with Crippen LogP contribution in [0.2, 0.25) is 5.02 Å². The maximum atomic E-state index is 13.5. The van der Waals surface area contributed by atoms with Crippen molar-refractivity contribution in [3.05, 3.63) is 124 Å². The third-order valence-electron chi connectivity index (χ3n) is 5.91. The number of carbonyl (C=O) groups excluding carboxylic acids is 1. The average molecular weight is 513 g/mol. The van der Waals surface area contributed by atoms with E-state index in [0.29, 0.717) is 17.0 Å². The van der Waals surface area contributed by atoms with Gasteiger partial charge < -0.3 is 10.4 Å². The molecule has 0 saturated heterocycles. The largest absolute Gasteiger partial charge is 0.478 e. The van der Waals surface area contributed by atoms with Gasteiger partial charge >= 0.3 is 5.97 Å². The smallest absolute Gasteiger partial charge is 0.335 e. The Morgan fingerprint density at radius 1 is 0.861 bits per heavy atom. The number of hydrogen-bond acceptors (Lipinski definition) is 4. The number of aromatic carboxylic acids is 1. The molecule has 1 amide bonds. The van der Waals surface area contributed by atoms with Crippen molar-refractivity contribution in [1.82, 2.24) is 9.69 Å². The lowest BCUT2D eigenvalue weighted by Gasteiger charge is -2.11. The van der Waals surface area contributed by atoms with Gasteiger partial charge in [-0.1, -0.05) is 66.2 Å². The zero-order chi connectivity index (χ0) is 25.1. The second-order valence-electron chi connectivity index (χ2n) is 8.38. The molecule has 0 atom stereocenters. The Bertz CT molecular complexity index is 1560. The van der Waals surface area contributed by atoms with E-state index in [1.165, 1.54) is 23.7 Å². The minimum absolute atomic E-state index is 0.206. The molecule has 0 fully saturated rings. The lowest BCUT2D eigenvalue weighted by Crippen LogP contribution is -2.23. The molecular formula is C29H21ClN2O3S. The van der Waals surface area contributed by atoms with E-state index >= 15 is 0 Å². The molecule has 0 unspecified atom stereocenters. The maximum Gasteiger partial charge on any atom is 0.335 e. The number of benzene rings is 4. The molecule has 36 heavy (non-hydrogen) atoms. The second-order valence-corrected chi connectivity index (χ2v) is 9.63. The molecule has 0 spiro atoms. The van der Waals surface area contributed by atoms with Gasteiger partial charge in [-0.3, -0.25) is 4.79 Å². The van der Waals surface area contributed by atoms with Gasteiger partial charge in [-0.2, -0.15) is 4.37 Å². The number of halogens is 1. The molecule has 7 heteroatoms. The average Bonchev–Trinajstić information content (AvgIpc) is 3.30. The predicted molar refractivity (Wildman–Crippen MR) is 144 cm³/mol. The van der Waals surface area contributed by atoms with E-state index in [4.69, 9.17) is 21.1 Å². The normalized spacial score (nSPS) is 10.9. The molecule has 5 nitrogen and oxygen atoms in total. The molecule has 5 rings (SSSR count). The van der Waals surface area contributed by atoms with E-state index in [2.05, 4.69) is 11.4 Å². The van der Waals surface area contributed by atoms with Crippen LogP contribution < -0.4 is 5.32 Å². The van der Waals surface area contributed by atoms with Crippen LogP contribution in [0.1, 0.15) is 37.5 Å². The van der Waals surface area contributed by atoms with Crippen molar-refractivity contribution in [2.24, 2.45) is 0 Å². The third kappa shape index (κ3) is 5.15. The number of carboxylic acid groups (broad SMARTS) is 1. The SMILES string of the molecule is O=C(O)c1ccc(CNC(=O)c2cc(-c3ccccc3)cc3snc(Cc4cccc(Cl)c4)c23)cc1. The summed E-state index contributed by atoms with van der Waals surface area (Å²) in [6.07, 6.45) is 0.558. The fourth-order valence-electron chi connectivity index (χ4n) is 4.12. The van der Waals surface area contributed by atoms with Crippen LogP contribution >= 0.6 is 23.1 Å². The highest BCUT2D eigenvalue weighted by atomic mass is 35.5. The van der Waals surface area contributed by atoms with Gasteiger partial charge in [-0.05, 0) is 70.2 Å². The van der Waals surface area contributed by atoms with Crippen molar-refractivity contribution < 1.29 is 14.7 Å². The third-order valence-corrected chi connectivity index (χ3v) is 6.98. The monoisotopic (exact) mass is 512 g/mol. The van der Waals surface area contributed by atoms with Crippen LogP contribution in [0.4, 0.5) is 0 Å². The molecule has 2 N–H and O–H groups in total. The first-order valence-electron chi connectivity index (χ1n) is 11.3. The predicted octanol–water partition coefficient (Wildman–Crippen LogP) is 6.84. The number of aromatic nitrogens is 1. The zero-order valence-electron chi connectivity index (χ0n) is 19.1. The van der Waals surface area contributed by atoms with Crippen molar-refractivity contribution in [1.29, 1.82) is 0 Å². The molecule has 0 radical (unpaired) electrons. The van der Waals surface area contributed by atoms with Crippen molar-refractivity contribution in [3.8, 4) is 11.1 Å². The summed E-state index contributed by atoms with van der Waals surface area (Å²) in [6.45, 7) is 0.275. The van der Waals surface area contributed by atoms with Gasteiger partial charge in [0.05, 0.1) is 21.5 Å². The molecule has 0 aliphatic carbocycles. The number of nitrogens with one attached hydrogen (secondary N) is 1. The van der Waals surface area contributed by atoms with Gasteiger partial charge in [0.1, 0.15) is 0 Å². The molecule has 1 aromatic heterocycles. The lowest BCUT2D eigenvalue weighted by molar-refractivity contribution is 0.0696. The molecule has 0 bridgehead atoms. The second kappa shape index (κ2) is 10.3. The first-order chi connectivity index (χ1) is 17.5. The number of rotatable bonds is 7. The van der Waals surface area contributed by atoms with E-state index in [0.717, 1.165) is 38.0 Å². The van der Waals surface area contributed by atoms with Crippen LogP contribution in [0.15, 0.2) is 91.0 Å². The topological polar surface area (TPSA) is 79.3 Å². The first kappa shape index (κ1) is 23.7. The van der Waals surface area contributed by atoms with E-state index in [-0.39, 0.29) is 18.0 Å². The fraction of sp³-hybridized carbons (Fsp3) is 0.0690. The summed E-state index contributed by atoms with van der Waals surface area (Å²) in [6, 6.07) is 28.0. The van der Waals surface area contributed by atoms with Crippen LogP contribution in [-0.2, 0) is 13.0 Å². The molecule has 1 heterocycles. The molecule has 178 valence electrons. The summed E-state index contributed by atoms with van der Waals surface area (Å²) in [5, 5.41) is 13.6. The van der Waals surface area contributed by atoms with Gasteiger partial charge in [0.2, 0.25) is 0 Å². The van der Waals surface area contributed by atoms with Gasteiger partial charge in [0, 0.05) is 23.4 Å². The van der Waals surface area contributed by atoms with E-state index in [9.17, 15) is 9.59 Å². The number of nitrogens with zero attached hydrogens (tertiary/aromatic N) is 1. The fourth-order valence-corrected chi connectivity index (χ4v) is 5.19. The Morgan fingerprint density at radius 2 is 1.64 bits per heavy atom. The maximum absolute atomic E-state index is 13.5. The standard InChI is InChI=1S/C29H21ClN2O3S/c30-23-8-4-5-19(13-23)14-25-27-24(28(33)31-17-18-9-11-21(12-10-18)29(34)35)15-22(16-26(27)36-32-25)20-6-2-1-3-7-20/h1-13,15-16H,14,17H2,(H,31,33)(H,34,35). The summed E-state index contributed by atoms with van der Waals surface area (Å²) in [5.41, 5.74) is 5.38.